The van der Waals surface area contributed by atoms with Gasteiger partial charge in [-0.05, 0) is 89.6 Å². The first-order valence-electron chi connectivity index (χ1n) is 23.3. The molecule has 0 heterocycles. The molecule has 0 aliphatic rings. The Morgan fingerprint density at radius 3 is 0.647 bits per heavy atom. The second-order valence-electron chi connectivity index (χ2n) is 19.1. The van der Waals surface area contributed by atoms with Gasteiger partial charge in [0.1, 0.15) is 0 Å². The summed E-state index contributed by atoms with van der Waals surface area (Å²) < 4.78 is 0. The van der Waals surface area contributed by atoms with Crippen LogP contribution in [0, 0.1) is 10.8 Å². The van der Waals surface area contributed by atoms with Gasteiger partial charge in [-0.3, -0.25) is 0 Å². The number of hydrogen-bond donors (Lipinski definition) is 0. The average Bonchev–Trinajstić information content (AvgIpc) is 3.05. The zero-order valence-corrected chi connectivity index (χ0v) is 38.4. The Kier molecular flexibility index (Phi) is 45.6. The van der Waals surface area contributed by atoms with Crippen molar-refractivity contribution in [3.63, 3.8) is 0 Å². The van der Waals surface area contributed by atoms with E-state index in [2.05, 4.69) is 79.3 Å². The Hall–Kier alpha value is 0.517. The van der Waals surface area contributed by atoms with Crippen molar-refractivity contribution in [2.24, 2.45) is 10.8 Å². The quantitative estimate of drug-likeness (QED) is 0.0471. The molecular formula is C48H102LiN2. The van der Waals surface area contributed by atoms with Crippen molar-refractivity contribution in [1.29, 1.82) is 0 Å². The topological polar surface area (TPSA) is 6.48 Å². The van der Waals surface area contributed by atoms with E-state index in [-0.39, 0.29) is 18.9 Å². The monoisotopic (exact) mass is 714 g/mol. The maximum absolute atomic E-state index is 2.56. The molecule has 51 heavy (non-hydrogen) atoms. The van der Waals surface area contributed by atoms with Gasteiger partial charge in [0.2, 0.25) is 0 Å². The largest absolute Gasteiger partial charge is 0.306 e. The molecule has 0 spiro atoms. The Morgan fingerprint density at radius 2 is 0.451 bits per heavy atom. The van der Waals surface area contributed by atoms with E-state index in [1.165, 1.54) is 232 Å². The van der Waals surface area contributed by atoms with Crippen LogP contribution in [-0.4, -0.2) is 68.9 Å². The first-order valence-corrected chi connectivity index (χ1v) is 23.3. The van der Waals surface area contributed by atoms with Crippen LogP contribution in [0.3, 0.4) is 0 Å². The molecular weight excluding hydrogens is 611 g/mol. The molecule has 1 radical (unpaired) electrons. The summed E-state index contributed by atoms with van der Waals surface area (Å²) in [5.41, 5.74) is 1.05. The van der Waals surface area contributed by atoms with Gasteiger partial charge in [-0.25, -0.2) is 0 Å². The maximum Gasteiger partial charge on any atom is 0 e. The predicted octanol–water partition coefficient (Wildman–Crippen LogP) is 16.1. The zero-order valence-electron chi connectivity index (χ0n) is 38.4. The van der Waals surface area contributed by atoms with Crippen molar-refractivity contribution < 1.29 is 0 Å². The summed E-state index contributed by atoms with van der Waals surface area (Å²) in [6.45, 7) is 24.0. The van der Waals surface area contributed by atoms with Gasteiger partial charge in [0.15, 0.2) is 0 Å². The predicted molar refractivity (Wildman–Crippen MR) is 239 cm³/mol. The van der Waals surface area contributed by atoms with Crippen LogP contribution in [0.2, 0.25) is 0 Å². The van der Waals surface area contributed by atoms with Crippen LogP contribution in [0.5, 0.6) is 0 Å². The van der Waals surface area contributed by atoms with Crippen molar-refractivity contribution in [3.05, 3.63) is 0 Å². The van der Waals surface area contributed by atoms with Gasteiger partial charge >= 0.3 is 0 Å². The molecule has 0 aromatic heterocycles. The summed E-state index contributed by atoms with van der Waals surface area (Å²) in [6, 6.07) is 0. The molecule has 0 aliphatic carbocycles. The van der Waals surface area contributed by atoms with Gasteiger partial charge in [-0.15, -0.1) is 0 Å². The Balaban J connectivity index is -0.000000886. The second kappa shape index (κ2) is 41.7. The number of hydrogen-bond acceptors (Lipinski definition) is 2. The van der Waals surface area contributed by atoms with E-state index in [1.54, 1.807) is 0 Å². The Bertz CT molecular complexity index is 568. The molecule has 0 fully saturated rings. The van der Waals surface area contributed by atoms with E-state index >= 15 is 0 Å². The molecule has 0 atom stereocenters. The molecule has 0 rings (SSSR count). The summed E-state index contributed by atoms with van der Waals surface area (Å²) in [6.07, 6.45) is 45.7. The smallest absolute Gasteiger partial charge is 0 e. The van der Waals surface area contributed by atoms with E-state index < -0.39 is 0 Å². The number of nitrogens with zero attached hydrogens (tertiary/aromatic N) is 2. The molecule has 0 unspecified atom stereocenters. The fourth-order valence-electron chi connectivity index (χ4n) is 7.10. The van der Waals surface area contributed by atoms with Crippen molar-refractivity contribution >= 4 is 18.9 Å². The van der Waals surface area contributed by atoms with Crippen molar-refractivity contribution in [2.45, 2.75) is 261 Å². The van der Waals surface area contributed by atoms with Crippen molar-refractivity contribution in [1.82, 2.24) is 9.80 Å². The summed E-state index contributed by atoms with van der Waals surface area (Å²) in [4.78, 5) is 5.11. The van der Waals surface area contributed by atoms with Crippen LogP contribution < -0.4 is 0 Å². The van der Waals surface area contributed by atoms with Gasteiger partial charge in [0.05, 0.1) is 0 Å². The normalized spacial score (nSPS) is 12.0. The van der Waals surface area contributed by atoms with Crippen LogP contribution in [0.25, 0.3) is 0 Å². The molecule has 3 heteroatoms. The third-order valence-electron chi connectivity index (χ3n) is 10.7. The second-order valence-corrected chi connectivity index (χ2v) is 19.1. The third kappa shape index (κ3) is 55.0. The average molecular weight is 714 g/mol. The standard InChI is InChI=1S/2C24H51N.Li/c2*1-6-7-8-9-10-13-16-19-22-25(5)23-20-17-14-11-12-15-18-21-24(2,3)4;/h2*6-23H2,1-5H3;. The minimum Gasteiger partial charge on any atom is -0.306 e. The van der Waals surface area contributed by atoms with Crippen molar-refractivity contribution in [2.75, 3.05) is 40.3 Å². The minimum absolute atomic E-state index is 0. The molecule has 305 valence electrons. The van der Waals surface area contributed by atoms with Crippen LogP contribution in [0.15, 0.2) is 0 Å². The Labute approximate surface area is 339 Å². The first kappa shape index (κ1) is 55.9. The summed E-state index contributed by atoms with van der Waals surface area (Å²) >= 11 is 0. The SMILES string of the molecule is CCCCCCCCCCN(C)CCCCCCCCCC(C)(C)C.CCCCCCCCCCN(C)CCCCCCCCCC(C)(C)C.[Li]. The molecule has 0 aromatic carbocycles. The van der Waals surface area contributed by atoms with Crippen LogP contribution >= 0.6 is 0 Å². The number of unbranched alkanes of at least 4 members (excludes halogenated alkanes) is 26. The summed E-state index contributed by atoms with van der Waals surface area (Å²) in [5.74, 6) is 0. The van der Waals surface area contributed by atoms with E-state index in [1.807, 2.05) is 0 Å². The van der Waals surface area contributed by atoms with Gasteiger partial charge in [0, 0.05) is 18.9 Å². The van der Waals surface area contributed by atoms with E-state index in [9.17, 15) is 0 Å². The van der Waals surface area contributed by atoms with Crippen LogP contribution in [-0.2, 0) is 0 Å². The Morgan fingerprint density at radius 1 is 0.275 bits per heavy atom. The molecule has 0 N–H and O–H groups in total. The van der Waals surface area contributed by atoms with Crippen LogP contribution in [0.4, 0.5) is 0 Å². The third-order valence-corrected chi connectivity index (χ3v) is 10.7. The van der Waals surface area contributed by atoms with Crippen molar-refractivity contribution in [3.8, 4) is 0 Å². The van der Waals surface area contributed by atoms with Gasteiger partial charge in [-0.2, -0.15) is 0 Å². The van der Waals surface area contributed by atoms with Gasteiger partial charge < -0.3 is 9.80 Å². The van der Waals surface area contributed by atoms with E-state index in [4.69, 9.17) is 0 Å². The molecule has 0 amide bonds. The summed E-state index contributed by atoms with van der Waals surface area (Å²) in [5, 5.41) is 0. The fourth-order valence-corrected chi connectivity index (χ4v) is 7.10. The molecule has 0 saturated carbocycles. The molecule has 0 aromatic rings. The first-order chi connectivity index (χ1) is 23.9. The minimum atomic E-state index is 0. The number of rotatable bonds is 36. The summed E-state index contributed by atoms with van der Waals surface area (Å²) in [7, 11) is 4.63. The van der Waals surface area contributed by atoms with Crippen LogP contribution in [0.1, 0.15) is 261 Å². The molecule has 0 bridgehead atoms. The van der Waals surface area contributed by atoms with E-state index in [0.717, 1.165) is 0 Å². The molecule has 0 aliphatic heterocycles. The maximum atomic E-state index is 2.56. The van der Waals surface area contributed by atoms with E-state index in [0.29, 0.717) is 10.8 Å². The molecule has 2 nitrogen and oxygen atoms in total. The van der Waals surface area contributed by atoms with Gasteiger partial charge in [0.25, 0.3) is 0 Å². The van der Waals surface area contributed by atoms with Gasteiger partial charge in [-0.1, -0.05) is 222 Å². The fraction of sp³-hybridized carbons (Fsp3) is 1.00. The zero-order chi connectivity index (χ0) is 37.6. The molecule has 0 saturated heterocycles.